The van der Waals surface area contributed by atoms with E-state index in [9.17, 15) is 14.9 Å². The topological polar surface area (TPSA) is 101 Å². The van der Waals surface area contributed by atoms with Gasteiger partial charge in [-0.3, -0.25) is 4.98 Å². The number of fused-ring (bicyclic) bond motifs is 1. The van der Waals surface area contributed by atoms with Gasteiger partial charge in [-0.05, 0) is 56.2 Å². The van der Waals surface area contributed by atoms with Crippen molar-refractivity contribution in [1.82, 2.24) is 10.3 Å². The second kappa shape index (κ2) is 9.91. The quantitative estimate of drug-likeness (QED) is 0.615. The summed E-state index contributed by atoms with van der Waals surface area (Å²) in [7, 11) is 0. The van der Waals surface area contributed by atoms with Gasteiger partial charge in [-0.15, -0.1) is 0 Å². The molecule has 1 amide bonds. The van der Waals surface area contributed by atoms with Gasteiger partial charge in [0, 0.05) is 23.2 Å². The van der Waals surface area contributed by atoms with Crippen molar-refractivity contribution in [2.24, 2.45) is 23.7 Å². The predicted octanol–water partition coefficient (Wildman–Crippen LogP) is 4.97. The monoisotopic (exact) mass is 473 g/mol. The van der Waals surface area contributed by atoms with Gasteiger partial charge in [0.05, 0.1) is 23.9 Å². The molecule has 1 aliphatic carbocycles. The highest BCUT2D eigenvalue weighted by Gasteiger charge is 2.63. The van der Waals surface area contributed by atoms with Crippen molar-refractivity contribution in [2.45, 2.75) is 45.8 Å². The lowest BCUT2D eigenvalue weighted by Gasteiger charge is -2.47. The molecule has 0 spiro atoms. The van der Waals surface area contributed by atoms with Crippen LogP contribution in [0.25, 0.3) is 17.2 Å². The molecule has 2 aromatic rings. The Labute approximate surface area is 206 Å². The van der Waals surface area contributed by atoms with Crippen LogP contribution >= 0.6 is 0 Å². The highest BCUT2D eigenvalue weighted by atomic mass is 16.6. The summed E-state index contributed by atoms with van der Waals surface area (Å²) in [6.45, 7) is 8.14. The summed E-state index contributed by atoms with van der Waals surface area (Å²) in [4.78, 5) is 30.0. The molecule has 1 saturated heterocycles. The molecule has 2 fully saturated rings. The summed E-state index contributed by atoms with van der Waals surface area (Å²) in [5.41, 5.74) is 1.99. The van der Waals surface area contributed by atoms with Gasteiger partial charge in [0.1, 0.15) is 11.6 Å². The summed E-state index contributed by atoms with van der Waals surface area (Å²) >= 11 is 0. The number of benzene rings is 1. The van der Waals surface area contributed by atoms with Gasteiger partial charge in [-0.2, -0.15) is 5.26 Å². The molecule has 4 rings (SSSR count). The molecular formula is C28H31N3O4. The van der Waals surface area contributed by atoms with Gasteiger partial charge in [-0.25, -0.2) is 9.59 Å². The van der Waals surface area contributed by atoms with Gasteiger partial charge in [0.2, 0.25) is 0 Å². The van der Waals surface area contributed by atoms with Crippen LogP contribution in [-0.2, 0) is 14.3 Å². The minimum absolute atomic E-state index is 0.0112. The van der Waals surface area contributed by atoms with E-state index >= 15 is 0 Å². The van der Waals surface area contributed by atoms with Crippen LogP contribution in [0.15, 0.2) is 48.7 Å². The van der Waals surface area contributed by atoms with Crippen LogP contribution in [0.5, 0.6) is 0 Å². The van der Waals surface area contributed by atoms with Crippen LogP contribution in [-0.4, -0.2) is 35.3 Å². The van der Waals surface area contributed by atoms with Crippen molar-refractivity contribution in [2.75, 3.05) is 6.61 Å². The van der Waals surface area contributed by atoms with Crippen LogP contribution < -0.4 is 5.32 Å². The Kier molecular flexibility index (Phi) is 6.93. The van der Waals surface area contributed by atoms with Gasteiger partial charge >= 0.3 is 12.1 Å². The number of rotatable bonds is 5. The molecule has 0 radical (unpaired) electrons. The summed E-state index contributed by atoms with van der Waals surface area (Å²) < 4.78 is 10.8. The lowest BCUT2D eigenvalue weighted by molar-refractivity contribution is -0.146. The third kappa shape index (κ3) is 4.53. The zero-order chi connectivity index (χ0) is 25.2. The number of alkyl carbamates (subject to hydrolysis) is 1. The smallest absolute Gasteiger partial charge is 0.408 e. The van der Waals surface area contributed by atoms with Crippen molar-refractivity contribution < 1.29 is 19.1 Å². The lowest BCUT2D eigenvalue weighted by Crippen LogP contribution is -2.63. The largest absolute Gasteiger partial charge is 0.460 e. The van der Waals surface area contributed by atoms with Crippen LogP contribution in [0.3, 0.4) is 0 Å². The number of ether oxygens (including phenoxy) is 2. The first kappa shape index (κ1) is 24.5. The first-order valence-corrected chi connectivity index (χ1v) is 12.1. The molecule has 3 unspecified atom stereocenters. The first-order valence-electron chi connectivity index (χ1n) is 12.1. The molecule has 7 nitrogen and oxygen atoms in total. The molecule has 2 heterocycles. The number of allylic oxidation sites excluding steroid dienone is 1. The number of esters is 1. The maximum Gasteiger partial charge on any atom is 0.408 e. The van der Waals surface area contributed by atoms with E-state index in [0.717, 1.165) is 16.8 Å². The molecule has 35 heavy (non-hydrogen) atoms. The standard InChI is InChI=1S/C28H31N3O4/c1-5-34-27(33)31-28-14-17(2)18(3)23(25(28)19(4)35-26(28)32)13-12-22-11-10-21(16-30-22)24-9-7-6-8-20(24)15-29/h6-13,16-19,23,25H,5,14H2,1-4H3,(H,31,33)/b13-12+/t17?,18?,19-,23?,25+,28+/m1/s1. The fourth-order valence-electron chi connectivity index (χ4n) is 5.68. The van der Waals surface area contributed by atoms with Gasteiger partial charge in [0.25, 0.3) is 0 Å². The van der Waals surface area contributed by atoms with E-state index in [1.54, 1.807) is 19.2 Å². The Balaban J connectivity index is 1.62. The molecule has 1 N–H and O–H groups in total. The van der Waals surface area contributed by atoms with Gasteiger partial charge < -0.3 is 14.8 Å². The number of amides is 1. The van der Waals surface area contributed by atoms with E-state index in [1.165, 1.54) is 0 Å². The third-order valence-corrected chi connectivity index (χ3v) is 7.53. The van der Waals surface area contributed by atoms with Crippen molar-refractivity contribution in [3.8, 4) is 17.2 Å². The van der Waals surface area contributed by atoms with Crippen LogP contribution in [0.1, 0.15) is 45.4 Å². The molecule has 1 aliphatic heterocycles. The number of hydrogen-bond acceptors (Lipinski definition) is 6. The second-order valence-electron chi connectivity index (χ2n) is 9.56. The number of nitriles is 1. The molecular weight excluding hydrogens is 442 g/mol. The number of nitrogens with one attached hydrogen (secondary N) is 1. The minimum atomic E-state index is -1.11. The minimum Gasteiger partial charge on any atom is -0.460 e. The van der Waals surface area contributed by atoms with Gasteiger partial charge in [0.15, 0.2) is 0 Å². The van der Waals surface area contributed by atoms with E-state index in [4.69, 9.17) is 9.47 Å². The van der Waals surface area contributed by atoms with Crippen molar-refractivity contribution in [1.29, 1.82) is 5.26 Å². The number of carbonyl (C=O) groups is 2. The molecule has 6 atom stereocenters. The predicted molar refractivity (Wildman–Crippen MR) is 132 cm³/mol. The van der Waals surface area contributed by atoms with E-state index < -0.39 is 11.6 Å². The Morgan fingerprint density at radius 2 is 2.06 bits per heavy atom. The molecule has 1 aromatic heterocycles. The second-order valence-corrected chi connectivity index (χ2v) is 9.56. The summed E-state index contributed by atoms with van der Waals surface area (Å²) in [5, 5.41) is 12.3. The molecule has 1 saturated carbocycles. The number of aromatic nitrogens is 1. The maximum absolute atomic E-state index is 13.0. The van der Waals surface area contributed by atoms with E-state index in [1.807, 2.05) is 43.3 Å². The fourth-order valence-corrected chi connectivity index (χ4v) is 5.68. The molecule has 7 heteroatoms. The molecule has 1 aromatic carbocycles. The summed E-state index contributed by atoms with van der Waals surface area (Å²) in [5.74, 6) is -0.170. The molecule has 0 bridgehead atoms. The average Bonchev–Trinajstić information content (AvgIpc) is 3.08. The number of nitrogens with zero attached hydrogens (tertiary/aromatic N) is 2. The van der Waals surface area contributed by atoms with E-state index in [-0.39, 0.29) is 42.4 Å². The molecule has 182 valence electrons. The van der Waals surface area contributed by atoms with E-state index in [0.29, 0.717) is 12.0 Å². The zero-order valence-electron chi connectivity index (χ0n) is 20.5. The molecule has 2 aliphatic rings. The Bertz CT molecular complexity index is 1170. The van der Waals surface area contributed by atoms with Gasteiger partial charge in [-0.1, -0.05) is 44.2 Å². The first-order chi connectivity index (χ1) is 16.8. The van der Waals surface area contributed by atoms with Crippen LogP contribution in [0.2, 0.25) is 0 Å². The lowest BCUT2D eigenvalue weighted by atomic mass is 9.58. The Morgan fingerprint density at radius 1 is 1.29 bits per heavy atom. The van der Waals surface area contributed by atoms with Crippen molar-refractivity contribution >= 4 is 18.1 Å². The van der Waals surface area contributed by atoms with Crippen molar-refractivity contribution in [3.05, 3.63) is 59.9 Å². The fraction of sp³-hybridized carbons (Fsp3) is 0.429. The SMILES string of the molecule is CCOC(=O)N[C@@]12CC(C)C(C)C(/C=C/c3ccc(-c4ccccc4C#N)cn3)[C@@H]1[C@@H](C)OC2=O. The maximum atomic E-state index is 13.0. The Morgan fingerprint density at radius 3 is 2.74 bits per heavy atom. The van der Waals surface area contributed by atoms with E-state index in [2.05, 4.69) is 36.3 Å². The Hall–Kier alpha value is -3.66. The van der Waals surface area contributed by atoms with Crippen LogP contribution in [0.4, 0.5) is 4.79 Å². The number of carbonyl (C=O) groups excluding carboxylic acids is 2. The number of cyclic esters (lactones) is 1. The van der Waals surface area contributed by atoms with Crippen molar-refractivity contribution in [3.63, 3.8) is 0 Å². The third-order valence-electron chi connectivity index (χ3n) is 7.53. The average molecular weight is 474 g/mol. The zero-order valence-corrected chi connectivity index (χ0v) is 20.5. The highest BCUT2D eigenvalue weighted by molar-refractivity contribution is 5.88. The van der Waals surface area contributed by atoms with Crippen LogP contribution in [0, 0.1) is 35.0 Å². The summed E-state index contributed by atoms with van der Waals surface area (Å²) in [6, 6.07) is 13.5. The number of pyridine rings is 1. The number of hydrogen-bond donors (Lipinski definition) is 1. The summed E-state index contributed by atoms with van der Waals surface area (Å²) in [6.07, 6.45) is 5.39. The normalized spacial score (nSPS) is 29.8. The highest BCUT2D eigenvalue weighted by Crippen LogP contribution is 2.51.